The summed E-state index contributed by atoms with van der Waals surface area (Å²) < 4.78 is 60.2. The average molecular weight is 694 g/mol. The molecule has 4 rings (SSSR count). The molecule has 49 heavy (non-hydrogen) atoms. The summed E-state index contributed by atoms with van der Waals surface area (Å²) in [6, 6.07) is 12.3. The number of hydrogen-bond donors (Lipinski definition) is 3. The standard InChI is InChI=1S/C33H34BF2N5O7S/c1-18-14-28(42)41(32(46)40(18)5)21-10-6-19(7-11-21)15-27(29(34)43)38-30(44)23-16-25(36)26(17-24(23)35)39-49(47,48)22-12-8-20(9-13-22)37-31(45)33(2,3)4/h6-14,16-17,27,39H,15,34H2,1-5H3,(H,37,45)(H,38,44)/t27-/m0/s1. The molecule has 0 spiro atoms. The van der Waals surface area contributed by atoms with Gasteiger partial charge in [0.15, 0.2) is 7.85 Å². The lowest BCUT2D eigenvalue weighted by molar-refractivity contribution is -0.123. The van der Waals surface area contributed by atoms with Gasteiger partial charge in [-0.2, -0.15) is 0 Å². The molecule has 0 aliphatic carbocycles. The molecule has 3 N–H and O–H groups in total. The van der Waals surface area contributed by atoms with Gasteiger partial charge in [-0.3, -0.25) is 19.1 Å². The maximum Gasteiger partial charge on any atom is 0.335 e. The zero-order chi connectivity index (χ0) is 36.4. The number of sulfonamides is 1. The minimum absolute atomic E-state index is 0.0528. The number of halogens is 2. The third-order valence-corrected chi connectivity index (χ3v) is 9.02. The van der Waals surface area contributed by atoms with E-state index >= 15 is 8.78 Å². The Balaban J connectivity index is 1.47. The van der Waals surface area contributed by atoms with E-state index in [2.05, 4.69) is 10.6 Å². The molecule has 1 aromatic heterocycles. The quantitative estimate of drug-likeness (QED) is 0.215. The summed E-state index contributed by atoms with van der Waals surface area (Å²) in [5.74, 6) is -3.92. The monoisotopic (exact) mass is 693 g/mol. The summed E-state index contributed by atoms with van der Waals surface area (Å²) in [7, 11) is -1.67. The van der Waals surface area contributed by atoms with Crippen molar-refractivity contribution in [3.63, 3.8) is 0 Å². The molecule has 0 fully saturated rings. The van der Waals surface area contributed by atoms with Crippen molar-refractivity contribution in [2.75, 3.05) is 10.0 Å². The van der Waals surface area contributed by atoms with Crippen LogP contribution in [0.2, 0.25) is 0 Å². The van der Waals surface area contributed by atoms with E-state index < -0.39 is 67.2 Å². The van der Waals surface area contributed by atoms with Crippen molar-refractivity contribution in [2.24, 2.45) is 12.5 Å². The van der Waals surface area contributed by atoms with Crippen molar-refractivity contribution in [3.8, 4) is 5.69 Å². The second kappa shape index (κ2) is 14.0. The average Bonchev–Trinajstić information content (AvgIpc) is 3.01. The van der Waals surface area contributed by atoms with Crippen molar-refractivity contribution < 1.29 is 31.6 Å². The number of benzene rings is 3. The molecule has 3 aromatic carbocycles. The Hall–Kier alpha value is -5.38. The van der Waals surface area contributed by atoms with Gasteiger partial charge >= 0.3 is 5.69 Å². The van der Waals surface area contributed by atoms with Crippen LogP contribution in [0.3, 0.4) is 0 Å². The van der Waals surface area contributed by atoms with Gasteiger partial charge in [-0.1, -0.05) is 32.9 Å². The molecule has 0 radical (unpaired) electrons. The molecule has 256 valence electrons. The number of nitrogens with zero attached hydrogens (tertiary/aromatic N) is 2. The van der Waals surface area contributed by atoms with Crippen LogP contribution >= 0.6 is 0 Å². The first-order valence-electron chi connectivity index (χ1n) is 14.9. The van der Waals surface area contributed by atoms with E-state index in [1.807, 2.05) is 4.72 Å². The maximum absolute atomic E-state index is 15.1. The van der Waals surface area contributed by atoms with Crippen molar-refractivity contribution in [1.82, 2.24) is 14.5 Å². The van der Waals surface area contributed by atoms with Gasteiger partial charge in [-0.25, -0.2) is 26.6 Å². The number of aryl methyl sites for hydroxylation is 1. The third-order valence-electron chi connectivity index (χ3n) is 7.64. The van der Waals surface area contributed by atoms with E-state index in [4.69, 9.17) is 0 Å². The van der Waals surface area contributed by atoms with Crippen molar-refractivity contribution in [2.45, 2.75) is 45.1 Å². The van der Waals surface area contributed by atoms with E-state index in [-0.39, 0.29) is 22.9 Å². The predicted octanol–water partition coefficient (Wildman–Crippen LogP) is 2.41. The van der Waals surface area contributed by atoms with E-state index in [0.29, 0.717) is 29.1 Å². The van der Waals surface area contributed by atoms with E-state index in [0.717, 1.165) is 4.57 Å². The summed E-state index contributed by atoms with van der Waals surface area (Å²) in [4.78, 5) is 62.3. The molecular weight excluding hydrogens is 659 g/mol. The van der Waals surface area contributed by atoms with Crippen LogP contribution in [-0.4, -0.2) is 48.9 Å². The summed E-state index contributed by atoms with van der Waals surface area (Å²) in [6.45, 7) is 6.75. The molecule has 12 nitrogen and oxygen atoms in total. The SMILES string of the molecule is BC(=O)[C@H](Cc1ccc(-n2c(=O)cc(C)n(C)c2=O)cc1)NC(=O)c1cc(F)c(NS(=O)(=O)c2ccc(NC(=O)C(C)(C)C)cc2)cc1F. The molecule has 0 saturated carbocycles. The molecule has 4 aromatic rings. The summed E-state index contributed by atoms with van der Waals surface area (Å²) in [6.07, 6.45) is -0.0528. The fourth-order valence-electron chi connectivity index (χ4n) is 4.56. The Morgan fingerprint density at radius 3 is 2.10 bits per heavy atom. The summed E-state index contributed by atoms with van der Waals surface area (Å²) in [5, 5.41) is 5.02. The van der Waals surface area contributed by atoms with Gasteiger partial charge in [-0.15, -0.1) is 0 Å². The minimum Gasteiger partial charge on any atom is -0.343 e. The highest BCUT2D eigenvalue weighted by Gasteiger charge is 2.25. The maximum atomic E-state index is 15.1. The first-order chi connectivity index (χ1) is 22.8. The van der Waals surface area contributed by atoms with Gasteiger partial charge in [0, 0.05) is 36.0 Å². The fourth-order valence-corrected chi connectivity index (χ4v) is 5.62. The number of carbonyl (C=O) groups is 3. The lowest BCUT2D eigenvalue weighted by atomic mass is 9.90. The van der Waals surface area contributed by atoms with Crippen LogP contribution in [0.4, 0.5) is 20.2 Å². The highest BCUT2D eigenvalue weighted by molar-refractivity contribution is 7.92. The first kappa shape index (κ1) is 36.5. The molecule has 0 bridgehead atoms. The number of anilines is 2. The van der Waals surface area contributed by atoms with E-state index in [1.54, 1.807) is 39.8 Å². The number of amides is 2. The molecular formula is C33H34BF2N5O7S. The van der Waals surface area contributed by atoms with Crippen molar-refractivity contribution in [3.05, 3.63) is 116 Å². The lowest BCUT2D eigenvalue weighted by Crippen LogP contribution is -2.43. The summed E-state index contributed by atoms with van der Waals surface area (Å²) >= 11 is 0. The van der Waals surface area contributed by atoms with Crippen LogP contribution in [0.5, 0.6) is 0 Å². The Morgan fingerprint density at radius 1 is 0.918 bits per heavy atom. The molecule has 16 heteroatoms. The van der Waals surface area contributed by atoms with Gasteiger partial charge in [0.25, 0.3) is 21.5 Å². The highest BCUT2D eigenvalue weighted by Crippen LogP contribution is 2.25. The van der Waals surface area contributed by atoms with Gasteiger partial charge in [0.05, 0.1) is 27.9 Å². The van der Waals surface area contributed by atoms with Crippen LogP contribution in [0.15, 0.2) is 81.2 Å². The Kier molecular flexibility index (Phi) is 10.4. The Morgan fingerprint density at radius 2 is 1.53 bits per heavy atom. The number of carbonyl (C=O) groups excluding carboxylic acids is 3. The zero-order valence-corrected chi connectivity index (χ0v) is 28.4. The smallest absolute Gasteiger partial charge is 0.335 e. The molecule has 0 aliphatic heterocycles. The molecule has 1 heterocycles. The molecule has 0 aliphatic rings. The largest absolute Gasteiger partial charge is 0.343 e. The molecule has 2 amide bonds. The van der Waals surface area contributed by atoms with Crippen LogP contribution in [-0.2, 0) is 33.1 Å². The van der Waals surface area contributed by atoms with Crippen LogP contribution < -0.4 is 26.6 Å². The minimum atomic E-state index is -4.41. The van der Waals surface area contributed by atoms with Crippen molar-refractivity contribution in [1.29, 1.82) is 0 Å². The first-order valence-corrected chi connectivity index (χ1v) is 16.4. The van der Waals surface area contributed by atoms with Crippen molar-refractivity contribution >= 4 is 46.7 Å². The van der Waals surface area contributed by atoms with Gasteiger partial charge in [0.2, 0.25) is 5.91 Å². The number of hydrogen-bond acceptors (Lipinski definition) is 7. The molecule has 1 atom stereocenters. The Bertz CT molecular complexity index is 2180. The second-order valence-corrected chi connectivity index (χ2v) is 14.1. The second-order valence-electron chi connectivity index (χ2n) is 12.5. The number of nitrogens with one attached hydrogen (secondary N) is 3. The third kappa shape index (κ3) is 8.38. The molecule has 0 saturated heterocycles. The van der Waals surface area contributed by atoms with E-state index in [9.17, 15) is 32.4 Å². The van der Waals surface area contributed by atoms with E-state index in [1.165, 1.54) is 61.9 Å². The molecule has 0 unspecified atom stereocenters. The summed E-state index contributed by atoms with van der Waals surface area (Å²) in [5.41, 5.74) is -2.14. The topological polar surface area (TPSA) is 165 Å². The van der Waals surface area contributed by atoms with Gasteiger partial charge in [-0.05, 0) is 61.4 Å². The van der Waals surface area contributed by atoms with Gasteiger partial charge < -0.3 is 20.0 Å². The predicted molar refractivity (Wildman–Crippen MR) is 182 cm³/mol. The highest BCUT2D eigenvalue weighted by atomic mass is 32.2. The number of rotatable bonds is 10. The fraction of sp³-hybridized carbons (Fsp3) is 0.242. The Labute approximate surface area is 281 Å². The lowest BCUT2D eigenvalue weighted by Gasteiger charge is -2.18. The van der Waals surface area contributed by atoms with Gasteiger partial charge in [0.1, 0.15) is 17.3 Å². The van der Waals surface area contributed by atoms with Crippen LogP contribution in [0, 0.1) is 24.0 Å². The van der Waals surface area contributed by atoms with Crippen LogP contribution in [0.25, 0.3) is 5.69 Å². The zero-order valence-electron chi connectivity index (χ0n) is 27.6. The normalized spacial score (nSPS) is 12.2. The van der Waals surface area contributed by atoms with Crippen LogP contribution in [0.1, 0.15) is 42.4 Å². The number of aromatic nitrogens is 2.